The highest BCUT2D eigenvalue weighted by Gasteiger charge is 1.99. The molecule has 0 saturated carbocycles. The first-order valence-corrected chi connectivity index (χ1v) is 5.26. The van der Waals surface area contributed by atoms with Crippen molar-refractivity contribution in [3.05, 3.63) is 12.2 Å². The summed E-state index contributed by atoms with van der Waals surface area (Å²) in [5.41, 5.74) is 2.80. The van der Waals surface area contributed by atoms with Gasteiger partial charge in [0.1, 0.15) is 0 Å². The predicted molar refractivity (Wildman–Crippen MR) is 57.7 cm³/mol. The van der Waals surface area contributed by atoms with Crippen LogP contribution in [0.1, 0.15) is 46.0 Å². The summed E-state index contributed by atoms with van der Waals surface area (Å²) < 4.78 is 0. The van der Waals surface area contributed by atoms with Crippen LogP contribution in [0, 0.1) is 0 Å². The Bertz CT molecular complexity index is 178. The molecule has 0 aromatic heterocycles. The lowest BCUT2D eigenvalue weighted by Crippen LogP contribution is -2.24. The molecule has 0 bridgehead atoms. The van der Waals surface area contributed by atoms with Gasteiger partial charge in [-0.1, -0.05) is 39.2 Å². The molecular formula is C11H21NO2. The van der Waals surface area contributed by atoms with E-state index in [4.69, 9.17) is 4.84 Å². The van der Waals surface area contributed by atoms with Gasteiger partial charge < -0.3 is 0 Å². The second-order valence-electron chi connectivity index (χ2n) is 3.47. The van der Waals surface area contributed by atoms with Crippen molar-refractivity contribution in [1.29, 1.82) is 0 Å². The van der Waals surface area contributed by atoms with Crippen molar-refractivity contribution >= 4 is 5.91 Å². The smallest absolute Gasteiger partial charge is 0.269 e. The molecule has 1 N–H and O–H groups in total. The maximum Gasteiger partial charge on any atom is 0.269 e. The lowest BCUT2D eigenvalue weighted by molar-refractivity contribution is -0.129. The molecule has 0 radical (unpaired) electrons. The zero-order chi connectivity index (χ0) is 10.8. The van der Waals surface area contributed by atoms with E-state index in [1.54, 1.807) is 6.92 Å². The maximum absolute atomic E-state index is 10.9. The Morgan fingerprint density at radius 2 is 1.93 bits per heavy atom. The fourth-order valence-electron chi connectivity index (χ4n) is 0.981. The molecule has 0 unspecified atom stereocenters. The van der Waals surface area contributed by atoms with Crippen LogP contribution in [0.5, 0.6) is 0 Å². The summed E-state index contributed by atoms with van der Waals surface area (Å²) in [6, 6.07) is 0. The fourth-order valence-corrected chi connectivity index (χ4v) is 0.981. The standard InChI is InChI=1S/C11H21NO2/c1-4-5-6-7-8-9-14-12-11(13)10(2)3/h2,4-9H2,1,3H3,(H,12,13). The van der Waals surface area contributed by atoms with Crippen molar-refractivity contribution in [3.63, 3.8) is 0 Å². The highest BCUT2D eigenvalue weighted by Crippen LogP contribution is 2.01. The van der Waals surface area contributed by atoms with Gasteiger partial charge in [0.15, 0.2) is 0 Å². The van der Waals surface area contributed by atoms with Gasteiger partial charge in [0.2, 0.25) is 0 Å². The Morgan fingerprint density at radius 1 is 1.29 bits per heavy atom. The van der Waals surface area contributed by atoms with E-state index in [2.05, 4.69) is 19.0 Å². The average Bonchev–Trinajstić information content (AvgIpc) is 2.16. The summed E-state index contributed by atoms with van der Waals surface area (Å²) in [5, 5.41) is 0. The number of hydrogen-bond donors (Lipinski definition) is 1. The van der Waals surface area contributed by atoms with E-state index in [-0.39, 0.29) is 5.91 Å². The van der Waals surface area contributed by atoms with Gasteiger partial charge in [0.05, 0.1) is 6.61 Å². The van der Waals surface area contributed by atoms with E-state index in [9.17, 15) is 4.79 Å². The molecule has 82 valence electrons. The quantitative estimate of drug-likeness (QED) is 0.370. The normalized spacial score (nSPS) is 9.86. The molecule has 0 rings (SSSR count). The Balaban J connectivity index is 3.13. The molecule has 0 atom stereocenters. The summed E-state index contributed by atoms with van der Waals surface area (Å²) in [6.45, 7) is 7.93. The van der Waals surface area contributed by atoms with Crippen LogP contribution in [0.25, 0.3) is 0 Å². The molecule has 0 aromatic rings. The number of hydroxylamine groups is 1. The molecule has 14 heavy (non-hydrogen) atoms. The van der Waals surface area contributed by atoms with Crippen LogP contribution >= 0.6 is 0 Å². The molecule has 3 nitrogen and oxygen atoms in total. The van der Waals surface area contributed by atoms with Crippen molar-refractivity contribution < 1.29 is 9.63 Å². The van der Waals surface area contributed by atoms with Crippen LogP contribution in [0.15, 0.2) is 12.2 Å². The first kappa shape index (κ1) is 13.2. The van der Waals surface area contributed by atoms with Crippen molar-refractivity contribution in [2.75, 3.05) is 6.61 Å². The molecule has 0 saturated heterocycles. The average molecular weight is 199 g/mol. The van der Waals surface area contributed by atoms with Crippen LogP contribution in [0.2, 0.25) is 0 Å². The summed E-state index contributed by atoms with van der Waals surface area (Å²) in [5.74, 6) is -0.237. The van der Waals surface area contributed by atoms with Gasteiger partial charge in [-0.15, -0.1) is 0 Å². The number of carbonyl (C=O) groups excluding carboxylic acids is 1. The SMILES string of the molecule is C=C(C)C(=O)NOCCCCCCC. The van der Waals surface area contributed by atoms with Crippen molar-refractivity contribution in [3.8, 4) is 0 Å². The summed E-state index contributed by atoms with van der Waals surface area (Å²) in [6.07, 6.45) is 5.92. The van der Waals surface area contributed by atoms with Crippen LogP contribution < -0.4 is 5.48 Å². The minimum Gasteiger partial charge on any atom is -0.273 e. The summed E-state index contributed by atoms with van der Waals surface area (Å²) >= 11 is 0. The van der Waals surface area contributed by atoms with Crippen LogP contribution in [-0.4, -0.2) is 12.5 Å². The Hall–Kier alpha value is -0.830. The predicted octanol–water partition coefficient (Wildman–Crippen LogP) is 2.58. The number of nitrogens with one attached hydrogen (secondary N) is 1. The first-order valence-electron chi connectivity index (χ1n) is 5.26. The van der Waals surface area contributed by atoms with E-state index in [0.717, 1.165) is 12.8 Å². The number of carbonyl (C=O) groups is 1. The minimum absolute atomic E-state index is 0.237. The topological polar surface area (TPSA) is 38.3 Å². The number of amides is 1. The van der Waals surface area contributed by atoms with Crippen molar-refractivity contribution in [2.45, 2.75) is 46.0 Å². The van der Waals surface area contributed by atoms with E-state index >= 15 is 0 Å². The minimum atomic E-state index is -0.237. The van der Waals surface area contributed by atoms with Crippen molar-refractivity contribution in [1.82, 2.24) is 5.48 Å². The van der Waals surface area contributed by atoms with Gasteiger partial charge in [0.25, 0.3) is 5.91 Å². The molecule has 0 heterocycles. The molecule has 0 spiro atoms. The monoisotopic (exact) mass is 199 g/mol. The number of hydrogen-bond acceptors (Lipinski definition) is 2. The van der Waals surface area contributed by atoms with Crippen LogP contribution in [0.3, 0.4) is 0 Å². The number of unbranched alkanes of at least 4 members (excludes halogenated alkanes) is 4. The third-order valence-electron chi connectivity index (χ3n) is 1.90. The third-order valence-corrected chi connectivity index (χ3v) is 1.90. The molecular weight excluding hydrogens is 178 g/mol. The summed E-state index contributed by atoms with van der Waals surface area (Å²) in [4.78, 5) is 15.9. The summed E-state index contributed by atoms with van der Waals surface area (Å²) in [7, 11) is 0. The van der Waals surface area contributed by atoms with Gasteiger partial charge >= 0.3 is 0 Å². The van der Waals surface area contributed by atoms with Crippen LogP contribution in [0.4, 0.5) is 0 Å². The lowest BCUT2D eigenvalue weighted by atomic mass is 10.2. The highest BCUT2D eigenvalue weighted by atomic mass is 16.6. The zero-order valence-electron chi connectivity index (χ0n) is 9.27. The van der Waals surface area contributed by atoms with Crippen LogP contribution in [-0.2, 0) is 9.63 Å². The lowest BCUT2D eigenvalue weighted by Gasteiger charge is -2.04. The van der Waals surface area contributed by atoms with E-state index in [1.807, 2.05) is 0 Å². The maximum atomic E-state index is 10.9. The van der Waals surface area contributed by atoms with E-state index in [1.165, 1.54) is 19.3 Å². The Morgan fingerprint density at radius 3 is 2.50 bits per heavy atom. The fraction of sp³-hybridized carbons (Fsp3) is 0.727. The largest absolute Gasteiger partial charge is 0.273 e. The second-order valence-corrected chi connectivity index (χ2v) is 3.47. The van der Waals surface area contributed by atoms with Gasteiger partial charge in [-0.05, 0) is 13.3 Å². The Kier molecular flexibility index (Phi) is 8.24. The number of rotatable bonds is 8. The highest BCUT2D eigenvalue weighted by molar-refractivity contribution is 5.91. The van der Waals surface area contributed by atoms with Gasteiger partial charge in [-0.25, -0.2) is 5.48 Å². The second kappa shape index (κ2) is 8.75. The van der Waals surface area contributed by atoms with Crippen molar-refractivity contribution in [2.24, 2.45) is 0 Å². The molecule has 0 aromatic carbocycles. The van der Waals surface area contributed by atoms with E-state index in [0.29, 0.717) is 12.2 Å². The van der Waals surface area contributed by atoms with Gasteiger partial charge in [-0.3, -0.25) is 9.63 Å². The van der Waals surface area contributed by atoms with Gasteiger partial charge in [0, 0.05) is 5.57 Å². The molecule has 0 aliphatic heterocycles. The molecule has 0 fully saturated rings. The molecule has 1 amide bonds. The first-order chi connectivity index (χ1) is 6.68. The van der Waals surface area contributed by atoms with Gasteiger partial charge in [-0.2, -0.15) is 0 Å². The van der Waals surface area contributed by atoms with E-state index < -0.39 is 0 Å². The molecule has 3 heteroatoms. The third kappa shape index (κ3) is 7.80. The zero-order valence-corrected chi connectivity index (χ0v) is 9.27. The molecule has 0 aliphatic carbocycles. The molecule has 0 aliphatic rings. The Labute approximate surface area is 86.5 Å².